The summed E-state index contributed by atoms with van der Waals surface area (Å²) in [6.07, 6.45) is 1.36. The van der Waals surface area contributed by atoms with Gasteiger partial charge in [0.2, 0.25) is 0 Å². The number of pyridine rings is 1. The van der Waals surface area contributed by atoms with E-state index in [-0.39, 0.29) is 34.3 Å². The third-order valence-electron chi connectivity index (χ3n) is 2.43. The summed E-state index contributed by atoms with van der Waals surface area (Å²) in [5.74, 6) is 0.212. The SMILES string of the molecule is N#Cc1c(C[O-])[nH]c(=O)c(C#N)c1-c1ccco1.[NH4+]. The second kappa shape index (κ2) is 5.65. The Hall–Kier alpha value is -2.87. The van der Waals surface area contributed by atoms with Gasteiger partial charge in [0.15, 0.2) is 0 Å². The molecule has 7 heteroatoms. The number of quaternary nitrogens is 1. The molecule has 0 aliphatic rings. The summed E-state index contributed by atoms with van der Waals surface area (Å²) >= 11 is 0. The molecule has 0 bridgehead atoms. The van der Waals surface area contributed by atoms with Crippen molar-refractivity contribution in [3.8, 4) is 23.5 Å². The Morgan fingerprint density at radius 3 is 2.47 bits per heavy atom. The molecular weight excluding hydrogens is 248 g/mol. The van der Waals surface area contributed by atoms with E-state index in [0.717, 1.165) is 0 Å². The van der Waals surface area contributed by atoms with Crippen LogP contribution in [0.4, 0.5) is 0 Å². The van der Waals surface area contributed by atoms with E-state index in [0.29, 0.717) is 0 Å². The van der Waals surface area contributed by atoms with Crippen LogP contribution in [0.25, 0.3) is 11.3 Å². The molecule has 0 amide bonds. The zero-order chi connectivity index (χ0) is 13.1. The summed E-state index contributed by atoms with van der Waals surface area (Å²) < 4.78 is 5.10. The molecule has 2 aromatic rings. The fourth-order valence-corrected chi connectivity index (χ4v) is 1.66. The summed E-state index contributed by atoms with van der Waals surface area (Å²) in [5, 5.41) is 29.0. The quantitative estimate of drug-likeness (QED) is 0.807. The zero-order valence-corrected chi connectivity index (χ0v) is 10.1. The molecule has 0 saturated carbocycles. The molecule has 19 heavy (non-hydrogen) atoms. The second-order valence-corrected chi connectivity index (χ2v) is 3.40. The highest BCUT2D eigenvalue weighted by Crippen LogP contribution is 2.26. The minimum absolute atomic E-state index is 0. The first kappa shape index (κ1) is 14.2. The van der Waals surface area contributed by atoms with Crippen LogP contribution >= 0.6 is 0 Å². The van der Waals surface area contributed by atoms with Crippen molar-refractivity contribution < 1.29 is 9.52 Å². The average Bonchev–Trinajstić information content (AvgIpc) is 2.90. The smallest absolute Gasteiger partial charge is 0.266 e. The van der Waals surface area contributed by atoms with E-state index in [1.54, 1.807) is 12.1 Å². The molecule has 0 radical (unpaired) electrons. The first-order valence-electron chi connectivity index (χ1n) is 4.94. The number of rotatable bonds is 2. The lowest BCUT2D eigenvalue weighted by molar-refractivity contribution is -0.387. The third kappa shape index (κ3) is 2.24. The summed E-state index contributed by atoms with van der Waals surface area (Å²) in [5.41, 5.74) is -0.948. The number of nitriles is 2. The topological polar surface area (TPSA) is 153 Å². The van der Waals surface area contributed by atoms with Crippen molar-refractivity contribution in [3.63, 3.8) is 0 Å². The van der Waals surface area contributed by atoms with Crippen molar-refractivity contribution in [2.75, 3.05) is 0 Å². The van der Waals surface area contributed by atoms with Crippen LogP contribution in [0.15, 0.2) is 27.6 Å². The number of aromatic amines is 1. The number of nitrogens with zero attached hydrogens (tertiary/aromatic N) is 2. The van der Waals surface area contributed by atoms with Crippen LogP contribution in [0.3, 0.4) is 0 Å². The van der Waals surface area contributed by atoms with Crippen LogP contribution in [-0.4, -0.2) is 4.98 Å². The normalized spacial score (nSPS) is 9.21. The number of hydrogen-bond acceptors (Lipinski definition) is 5. The summed E-state index contributed by atoms with van der Waals surface area (Å²) in [7, 11) is 0. The Bertz CT molecular complexity index is 717. The van der Waals surface area contributed by atoms with Gasteiger partial charge in [-0.05, 0) is 12.1 Å². The minimum Gasteiger partial charge on any atom is -0.850 e. The van der Waals surface area contributed by atoms with Gasteiger partial charge in [-0.15, -0.1) is 0 Å². The Balaban J connectivity index is 0.00000180. The van der Waals surface area contributed by atoms with Crippen LogP contribution < -0.4 is 16.8 Å². The van der Waals surface area contributed by atoms with Crippen LogP contribution in [0.2, 0.25) is 0 Å². The van der Waals surface area contributed by atoms with E-state index in [1.165, 1.54) is 12.3 Å². The van der Waals surface area contributed by atoms with Crippen molar-refractivity contribution >= 4 is 0 Å². The first-order chi connectivity index (χ1) is 8.72. The molecule has 5 N–H and O–H groups in total. The first-order valence-corrected chi connectivity index (χ1v) is 4.94. The van der Waals surface area contributed by atoms with Crippen molar-refractivity contribution in [2.24, 2.45) is 0 Å². The van der Waals surface area contributed by atoms with E-state index in [9.17, 15) is 9.90 Å². The molecule has 0 atom stereocenters. The molecule has 2 heterocycles. The monoisotopic (exact) mass is 258 g/mol. The summed E-state index contributed by atoms with van der Waals surface area (Å²) in [6.45, 7) is -0.752. The van der Waals surface area contributed by atoms with Gasteiger partial charge in [-0.2, -0.15) is 10.5 Å². The molecule has 0 aromatic carbocycles. The molecule has 7 nitrogen and oxygen atoms in total. The molecule has 0 fully saturated rings. The zero-order valence-electron chi connectivity index (χ0n) is 10.1. The average molecular weight is 258 g/mol. The standard InChI is InChI=1S/C12H6N3O3.H3N/c13-4-7-9(6-16)15-12(17)8(5-14)11(7)10-2-1-3-18-10;/h1-3H,6H2,(H,15,17);1H3/q-1;/p+1. The lowest BCUT2D eigenvalue weighted by atomic mass is 10.0. The maximum absolute atomic E-state index is 11.6. The van der Waals surface area contributed by atoms with Gasteiger partial charge in [0.05, 0.1) is 17.4 Å². The number of nitrogens with one attached hydrogen (secondary N) is 1. The summed E-state index contributed by atoms with van der Waals surface area (Å²) in [4.78, 5) is 13.9. The highest BCUT2D eigenvalue weighted by atomic mass is 16.3. The fraction of sp³-hybridized carbons (Fsp3) is 0.0833. The molecule has 0 aliphatic heterocycles. The van der Waals surface area contributed by atoms with E-state index >= 15 is 0 Å². The Kier molecular flexibility index (Phi) is 4.22. The molecule has 2 aromatic heterocycles. The third-order valence-corrected chi connectivity index (χ3v) is 2.43. The predicted molar refractivity (Wildman–Crippen MR) is 63.9 cm³/mol. The predicted octanol–water partition coefficient (Wildman–Crippen LogP) is 0.615. The highest BCUT2D eigenvalue weighted by molar-refractivity contribution is 5.73. The van der Waals surface area contributed by atoms with Gasteiger partial charge < -0.3 is 20.7 Å². The van der Waals surface area contributed by atoms with Gasteiger partial charge in [-0.3, -0.25) is 4.79 Å². The number of aromatic nitrogens is 1. The molecular formula is C12H10N4O3. The molecule has 0 unspecified atom stereocenters. The van der Waals surface area contributed by atoms with Gasteiger partial charge in [0.25, 0.3) is 5.56 Å². The van der Waals surface area contributed by atoms with Gasteiger partial charge in [-0.25, -0.2) is 0 Å². The number of hydrogen-bond donors (Lipinski definition) is 2. The van der Waals surface area contributed by atoms with E-state index in [2.05, 4.69) is 4.98 Å². The molecule has 0 aliphatic carbocycles. The van der Waals surface area contributed by atoms with Gasteiger partial charge in [-0.1, -0.05) is 6.61 Å². The van der Waals surface area contributed by atoms with Crippen molar-refractivity contribution in [2.45, 2.75) is 6.61 Å². The van der Waals surface area contributed by atoms with Crippen molar-refractivity contribution in [1.82, 2.24) is 11.1 Å². The van der Waals surface area contributed by atoms with Crippen molar-refractivity contribution in [3.05, 3.63) is 45.6 Å². The largest absolute Gasteiger partial charge is 0.850 e. The van der Waals surface area contributed by atoms with Crippen molar-refractivity contribution in [1.29, 1.82) is 10.5 Å². The molecule has 0 saturated heterocycles. The Morgan fingerprint density at radius 1 is 1.32 bits per heavy atom. The highest BCUT2D eigenvalue weighted by Gasteiger charge is 2.19. The van der Waals surface area contributed by atoms with E-state index in [1.807, 2.05) is 6.07 Å². The van der Waals surface area contributed by atoms with E-state index in [4.69, 9.17) is 14.9 Å². The maximum Gasteiger partial charge on any atom is 0.266 e. The lowest BCUT2D eigenvalue weighted by Crippen LogP contribution is -2.19. The van der Waals surface area contributed by atoms with Crippen LogP contribution in [0.1, 0.15) is 16.8 Å². The Morgan fingerprint density at radius 2 is 2.00 bits per heavy atom. The molecule has 2 rings (SSSR count). The molecule has 96 valence electrons. The van der Waals surface area contributed by atoms with Gasteiger partial charge >= 0.3 is 0 Å². The second-order valence-electron chi connectivity index (χ2n) is 3.40. The van der Waals surface area contributed by atoms with Gasteiger partial charge in [0.1, 0.15) is 23.5 Å². The molecule has 0 spiro atoms. The lowest BCUT2D eigenvalue weighted by Gasteiger charge is -2.11. The van der Waals surface area contributed by atoms with Crippen LogP contribution in [-0.2, 0) is 6.61 Å². The van der Waals surface area contributed by atoms with E-state index < -0.39 is 12.2 Å². The minimum atomic E-state index is -0.752. The fourth-order valence-electron chi connectivity index (χ4n) is 1.66. The number of H-pyrrole nitrogens is 1. The maximum atomic E-state index is 11.6. The van der Waals surface area contributed by atoms with Crippen LogP contribution in [0.5, 0.6) is 0 Å². The number of furan rings is 1. The summed E-state index contributed by atoms with van der Waals surface area (Å²) in [6, 6.07) is 6.63. The van der Waals surface area contributed by atoms with Crippen LogP contribution in [0, 0.1) is 22.7 Å². The Labute approximate surface area is 107 Å². The van der Waals surface area contributed by atoms with Gasteiger partial charge in [0, 0.05) is 5.69 Å².